The van der Waals surface area contributed by atoms with Crippen molar-refractivity contribution in [3.63, 3.8) is 0 Å². The van der Waals surface area contributed by atoms with E-state index in [4.69, 9.17) is 4.98 Å². The van der Waals surface area contributed by atoms with Crippen molar-refractivity contribution in [2.45, 2.75) is 32.6 Å². The van der Waals surface area contributed by atoms with Gasteiger partial charge in [-0.1, -0.05) is 12.8 Å². The number of fused-ring (bicyclic) bond motifs is 1. The van der Waals surface area contributed by atoms with Gasteiger partial charge in [-0.25, -0.2) is 4.98 Å². The Labute approximate surface area is 115 Å². The Balaban J connectivity index is 1.83. The van der Waals surface area contributed by atoms with Gasteiger partial charge >= 0.3 is 0 Å². The van der Waals surface area contributed by atoms with Gasteiger partial charge in [-0.15, -0.1) is 0 Å². The third-order valence-electron chi connectivity index (χ3n) is 4.38. The average Bonchev–Trinajstić information content (AvgIpc) is 3.06. The molecule has 1 aliphatic carbocycles. The molecule has 0 N–H and O–H groups in total. The zero-order valence-corrected chi connectivity index (χ0v) is 12.0. The summed E-state index contributed by atoms with van der Waals surface area (Å²) in [6, 6.07) is 6.46. The SMILES string of the molecule is CCN(CC1CCCC1)c1ccc2c(ccn2C)n1. The molecule has 1 fully saturated rings. The number of anilines is 1. The Kier molecular flexibility index (Phi) is 3.45. The summed E-state index contributed by atoms with van der Waals surface area (Å²) >= 11 is 0. The number of aryl methyl sites for hydroxylation is 1. The Morgan fingerprint density at radius 2 is 2.05 bits per heavy atom. The second-order valence-electron chi connectivity index (χ2n) is 5.69. The topological polar surface area (TPSA) is 21.1 Å². The van der Waals surface area contributed by atoms with E-state index in [-0.39, 0.29) is 0 Å². The summed E-state index contributed by atoms with van der Waals surface area (Å²) in [5.41, 5.74) is 2.31. The maximum Gasteiger partial charge on any atom is 0.129 e. The largest absolute Gasteiger partial charge is 0.357 e. The minimum absolute atomic E-state index is 0.869. The molecule has 0 aromatic carbocycles. The molecule has 1 saturated carbocycles. The highest BCUT2D eigenvalue weighted by Crippen LogP contribution is 2.27. The predicted molar refractivity (Wildman–Crippen MR) is 80.6 cm³/mol. The van der Waals surface area contributed by atoms with Gasteiger partial charge in [-0.2, -0.15) is 0 Å². The first kappa shape index (κ1) is 12.5. The predicted octanol–water partition coefficient (Wildman–Crippen LogP) is 3.59. The van der Waals surface area contributed by atoms with Crippen molar-refractivity contribution in [3.8, 4) is 0 Å². The van der Waals surface area contributed by atoms with Gasteiger partial charge in [0.15, 0.2) is 0 Å². The zero-order chi connectivity index (χ0) is 13.2. The van der Waals surface area contributed by atoms with Crippen LogP contribution >= 0.6 is 0 Å². The third kappa shape index (κ3) is 2.46. The van der Waals surface area contributed by atoms with Crippen molar-refractivity contribution in [3.05, 3.63) is 24.4 Å². The van der Waals surface area contributed by atoms with Crippen LogP contribution in [0.15, 0.2) is 24.4 Å². The Morgan fingerprint density at radius 1 is 1.26 bits per heavy atom. The van der Waals surface area contributed by atoms with Crippen molar-refractivity contribution in [1.29, 1.82) is 0 Å². The molecule has 3 nitrogen and oxygen atoms in total. The lowest BCUT2D eigenvalue weighted by atomic mass is 10.1. The van der Waals surface area contributed by atoms with Crippen LogP contribution in [0.2, 0.25) is 0 Å². The maximum absolute atomic E-state index is 4.81. The van der Waals surface area contributed by atoms with E-state index in [2.05, 4.69) is 47.8 Å². The summed E-state index contributed by atoms with van der Waals surface area (Å²) in [6.07, 6.45) is 7.68. The molecule has 2 heterocycles. The van der Waals surface area contributed by atoms with E-state index in [1.165, 1.54) is 37.7 Å². The first-order chi connectivity index (χ1) is 9.28. The van der Waals surface area contributed by atoms with Crippen LogP contribution in [-0.2, 0) is 7.05 Å². The van der Waals surface area contributed by atoms with Crippen LogP contribution < -0.4 is 4.90 Å². The molecule has 102 valence electrons. The Bertz CT molecular complexity index is 552. The highest BCUT2D eigenvalue weighted by molar-refractivity contribution is 5.77. The molecular formula is C16H23N3. The van der Waals surface area contributed by atoms with Gasteiger partial charge in [0.1, 0.15) is 5.82 Å². The summed E-state index contributed by atoms with van der Waals surface area (Å²) in [4.78, 5) is 7.25. The van der Waals surface area contributed by atoms with E-state index in [1.54, 1.807) is 0 Å². The highest BCUT2D eigenvalue weighted by Gasteiger charge is 2.18. The van der Waals surface area contributed by atoms with Crippen LogP contribution in [0.4, 0.5) is 5.82 Å². The van der Waals surface area contributed by atoms with Crippen LogP contribution in [0.5, 0.6) is 0 Å². The molecule has 0 aliphatic heterocycles. The first-order valence-corrected chi connectivity index (χ1v) is 7.45. The van der Waals surface area contributed by atoms with Gasteiger partial charge in [-0.05, 0) is 43.9 Å². The van der Waals surface area contributed by atoms with Crippen molar-refractivity contribution >= 4 is 16.9 Å². The summed E-state index contributed by atoms with van der Waals surface area (Å²) in [7, 11) is 2.07. The lowest BCUT2D eigenvalue weighted by Crippen LogP contribution is -2.29. The van der Waals surface area contributed by atoms with Crippen molar-refractivity contribution < 1.29 is 0 Å². The number of hydrogen-bond donors (Lipinski definition) is 0. The van der Waals surface area contributed by atoms with E-state index in [1.807, 2.05) is 0 Å². The molecule has 3 rings (SSSR count). The lowest BCUT2D eigenvalue weighted by Gasteiger charge is -2.25. The highest BCUT2D eigenvalue weighted by atomic mass is 15.2. The third-order valence-corrected chi connectivity index (χ3v) is 4.38. The molecule has 2 aromatic rings. The van der Waals surface area contributed by atoms with Crippen LogP contribution in [0.25, 0.3) is 11.0 Å². The van der Waals surface area contributed by atoms with Gasteiger partial charge in [0.2, 0.25) is 0 Å². The number of rotatable bonds is 4. The maximum atomic E-state index is 4.81. The van der Waals surface area contributed by atoms with E-state index >= 15 is 0 Å². The molecule has 3 heteroatoms. The van der Waals surface area contributed by atoms with Gasteiger partial charge in [-0.3, -0.25) is 0 Å². The molecule has 0 unspecified atom stereocenters. The van der Waals surface area contributed by atoms with Crippen LogP contribution in [0, 0.1) is 5.92 Å². The average molecular weight is 257 g/mol. The second kappa shape index (κ2) is 5.24. The fourth-order valence-electron chi connectivity index (χ4n) is 3.21. The smallest absolute Gasteiger partial charge is 0.129 e. The fourth-order valence-corrected chi connectivity index (χ4v) is 3.21. The van der Waals surface area contributed by atoms with Crippen LogP contribution in [0.3, 0.4) is 0 Å². The summed E-state index contributed by atoms with van der Waals surface area (Å²) in [6.45, 7) is 4.44. The van der Waals surface area contributed by atoms with Crippen LogP contribution in [-0.4, -0.2) is 22.6 Å². The van der Waals surface area contributed by atoms with Crippen molar-refractivity contribution in [2.75, 3.05) is 18.0 Å². The zero-order valence-electron chi connectivity index (χ0n) is 12.0. The summed E-state index contributed by atoms with van der Waals surface area (Å²) in [5, 5.41) is 0. The van der Waals surface area contributed by atoms with Crippen LogP contribution in [0.1, 0.15) is 32.6 Å². The van der Waals surface area contributed by atoms with Gasteiger partial charge < -0.3 is 9.47 Å². The van der Waals surface area contributed by atoms with Gasteiger partial charge in [0, 0.05) is 26.3 Å². The number of nitrogens with zero attached hydrogens (tertiary/aromatic N) is 3. The number of aromatic nitrogens is 2. The van der Waals surface area contributed by atoms with E-state index in [9.17, 15) is 0 Å². The summed E-state index contributed by atoms with van der Waals surface area (Å²) < 4.78 is 2.12. The fraction of sp³-hybridized carbons (Fsp3) is 0.562. The quantitative estimate of drug-likeness (QED) is 0.834. The molecule has 0 amide bonds. The minimum atomic E-state index is 0.869. The molecule has 0 spiro atoms. The molecule has 0 saturated heterocycles. The van der Waals surface area contributed by atoms with E-state index in [0.29, 0.717) is 0 Å². The van der Waals surface area contributed by atoms with Crippen molar-refractivity contribution in [2.24, 2.45) is 13.0 Å². The molecule has 0 atom stereocenters. The standard InChI is InChI=1S/C16H23N3/c1-3-19(12-13-6-4-5-7-13)16-9-8-15-14(17-16)10-11-18(15)2/h8-11,13H,3-7,12H2,1-2H3. The summed E-state index contributed by atoms with van der Waals surface area (Å²) in [5.74, 6) is 2.00. The van der Waals surface area contributed by atoms with Gasteiger partial charge in [0.05, 0.1) is 11.0 Å². The molecule has 19 heavy (non-hydrogen) atoms. The Morgan fingerprint density at radius 3 is 2.79 bits per heavy atom. The molecule has 2 aromatic heterocycles. The van der Waals surface area contributed by atoms with Crippen molar-refractivity contribution in [1.82, 2.24) is 9.55 Å². The number of hydrogen-bond acceptors (Lipinski definition) is 2. The lowest BCUT2D eigenvalue weighted by molar-refractivity contribution is 0.534. The monoisotopic (exact) mass is 257 g/mol. The number of pyridine rings is 1. The Hall–Kier alpha value is -1.51. The first-order valence-electron chi connectivity index (χ1n) is 7.45. The van der Waals surface area contributed by atoms with Gasteiger partial charge in [0.25, 0.3) is 0 Å². The van der Waals surface area contributed by atoms with E-state index in [0.717, 1.165) is 23.8 Å². The normalized spacial score (nSPS) is 16.3. The second-order valence-corrected chi connectivity index (χ2v) is 5.69. The molecule has 0 radical (unpaired) electrons. The molecule has 0 bridgehead atoms. The molecule has 1 aliphatic rings. The molecular weight excluding hydrogens is 234 g/mol. The minimum Gasteiger partial charge on any atom is -0.357 e. The van der Waals surface area contributed by atoms with E-state index < -0.39 is 0 Å².